The van der Waals surface area contributed by atoms with E-state index in [1.54, 1.807) is 16.0 Å². The smallest absolute Gasteiger partial charge is 0.347 e. The molecule has 1 aliphatic rings. The summed E-state index contributed by atoms with van der Waals surface area (Å²) in [5.41, 5.74) is 1.11. The molecule has 42 heavy (non-hydrogen) atoms. The summed E-state index contributed by atoms with van der Waals surface area (Å²) in [5.74, 6) is 0.808. The molecule has 0 spiro atoms. The molecule has 0 N–H and O–H groups in total. The molecule has 9 heteroatoms. The summed E-state index contributed by atoms with van der Waals surface area (Å²) in [7, 11) is 2.86. The number of esters is 1. The summed E-state index contributed by atoms with van der Waals surface area (Å²) in [6.07, 6.45) is 20.2. The first-order chi connectivity index (χ1) is 20.6. The Bertz CT molecular complexity index is 1150. The molecule has 1 aliphatic heterocycles. The van der Waals surface area contributed by atoms with Gasteiger partial charge in [0.2, 0.25) is 5.88 Å². The zero-order valence-corrected chi connectivity index (χ0v) is 27.6. The van der Waals surface area contributed by atoms with E-state index in [2.05, 4.69) is 42.9 Å². The number of carbonyl (C=O) groups excluding carboxylic acids is 1. The number of anilines is 1. The largest absolute Gasteiger partial charge is 0.479 e. The lowest BCUT2D eigenvalue weighted by atomic mass is 10.0. The Hall–Kier alpha value is -2.68. The van der Waals surface area contributed by atoms with E-state index in [4.69, 9.17) is 19.5 Å². The van der Waals surface area contributed by atoms with Crippen LogP contribution >= 0.6 is 11.3 Å². The highest BCUT2D eigenvalue weighted by Gasteiger charge is 2.33. The summed E-state index contributed by atoms with van der Waals surface area (Å²) in [6, 6.07) is 4.20. The van der Waals surface area contributed by atoms with E-state index in [0.717, 1.165) is 49.5 Å². The average Bonchev–Trinajstić information content (AvgIpc) is 3.70. The van der Waals surface area contributed by atoms with Crippen molar-refractivity contribution in [2.45, 2.75) is 124 Å². The lowest BCUT2D eigenvalue weighted by Crippen LogP contribution is -2.22. The monoisotopic (exact) mass is 599 g/mol. The van der Waals surface area contributed by atoms with Crippen LogP contribution in [-0.2, 0) is 4.74 Å². The number of rotatable bonds is 22. The Morgan fingerprint density at radius 1 is 0.881 bits per heavy atom. The van der Waals surface area contributed by atoms with Gasteiger partial charge in [-0.1, -0.05) is 109 Å². The maximum absolute atomic E-state index is 12.6. The van der Waals surface area contributed by atoms with Crippen molar-refractivity contribution >= 4 is 44.7 Å². The van der Waals surface area contributed by atoms with Gasteiger partial charge < -0.3 is 14.4 Å². The Balaban J connectivity index is 1.62. The third-order valence-electron chi connectivity index (χ3n) is 7.90. The van der Waals surface area contributed by atoms with Crippen molar-refractivity contribution in [1.82, 2.24) is 9.78 Å². The number of methoxy groups -OCH3 is 2. The summed E-state index contributed by atoms with van der Waals surface area (Å²) >= 11 is 1.67. The number of aromatic nitrogens is 2. The second kappa shape index (κ2) is 18.8. The minimum absolute atomic E-state index is 0.205. The van der Waals surface area contributed by atoms with E-state index in [1.165, 1.54) is 96.3 Å². The molecule has 0 aliphatic carbocycles. The van der Waals surface area contributed by atoms with Gasteiger partial charge in [0.25, 0.3) is 0 Å². The number of ether oxygens (including phenoxy) is 2. The van der Waals surface area contributed by atoms with Crippen molar-refractivity contribution in [2.75, 3.05) is 32.2 Å². The second-order valence-corrected chi connectivity index (χ2v) is 12.2. The van der Waals surface area contributed by atoms with Crippen LogP contribution in [0, 0.1) is 0 Å². The Kier molecular flexibility index (Phi) is 15.1. The van der Waals surface area contributed by atoms with Crippen LogP contribution in [-0.4, -0.2) is 54.6 Å². The molecule has 234 valence electrons. The van der Waals surface area contributed by atoms with Crippen molar-refractivity contribution in [2.24, 2.45) is 9.98 Å². The number of unbranched alkanes of at least 4 members (excludes halogenated alkanes) is 13. The van der Waals surface area contributed by atoms with Crippen molar-refractivity contribution < 1.29 is 14.3 Å². The summed E-state index contributed by atoms with van der Waals surface area (Å²) in [4.78, 5) is 24.9. The maximum atomic E-state index is 12.6. The minimum atomic E-state index is -0.508. The number of hydrogen-bond donors (Lipinski definition) is 0. The van der Waals surface area contributed by atoms with E-state index in [9.17, 15) is 4.79 Å². The van der Waals surface area contributed by atoms with Crippen LogP contribution in [0.5, 0.6) is 5.88 Å². The van der Waals surface area contributed by atoms with Crippen LogP contribution < -0.4 is 9.64 Å². The van der Waals surface area contributed by atoms with Gasteiger partial charge in [-0.05, 0) is 38.3 Å². The molecule has 0 amide bonds. The number of aliphatic imine (C=N–C) groups is 2. The zero-order chi connectivity index (χ0) is 30.2. The molecule has 0 saturated carbocycles. The minimum Gasteiger partial charge on any atom is -0.479 e. The lowest BCUT2D eigenvalue weighted by Gasteiger charge is -2.20. The highest BCUT2D eigenvalue weighted by Crippen LogP contribution is 2.37. The SMILES string of the molecule is CCCCCCCCCCCCCCCC1=Nc2c(C(=O)OC)c(OC)nn2/C1=N\c1ccc(N(CC)CCCC)s1. The molecule has 3 rings (SSSR count). The molecule has 0 bridgehead atoms. The van der Waals surface area contributed by atoms with Gasteiger partial charge >= 0.3 is 5.97 Å². The predicted molar refractivity (Wildman–Crippen MR) is 177 cm³/mol. The standard InChI is InChI=1S/C33H53N5O3S/c1-6-9-11-12-13-14-15-16-17-18-19-20-21-22-26-30(35-27-23-24-28(42-27)37(8-3)25-10-7-2)38-31(34-26)29(33(39)41-5)32(36-38)40-4/h23-24H,6-22,25H2,1-5H3/b35-30-. The predicted octanol–water partition coefficient (Wildman–Crippen LogP) is 9.51. The van der Waals surface area contributed by atoms with Crippen LogP contribution in [0.4, 0.5) is 15.8 Å². The van der Waals surface area contributed by atoms with E-state index in [-0.39, 0.29) is 11.4 Å². The third kappa shape index (κ3) is 9.68. The fraction of sp³-hybridized carbons (Fsp3) is 0.697. The first kappa shape index (κ1) is 33.8. The highest BCUT2D eigenvalue weighted by molar-refractivity contribution is 7.19. The van der Waals surface area contributed by atoms with E-state index >= 15 is 0 Å². The molecule has 0 atom stereocenters. The van der Waals surface area contributed by atoms with Gasteiger partial charge in [-0.25, -0.2) is 14.8 Å². The summed E-state index contributed by atoms with van der Waals surface area (Å²) < 4.78 is 12.1. The second-order valence-electron chi connectivity index (χ2n) is 11.1. The molecule has 0 aromatic carbocycles. The molecule has 0 unspecified atom stereocenters. The zero-order valence-electron chi connectivity index (χ0n) is 26.8. The van der Waals surface area contributed by atoms with Crippen LogP contribution in [0.1, 0.15) is 134 Å². The quantitative estimate of drug-likeness (QED) is 0.0994. The molecular formula is C33H53N5O3S. The first-order valence-electron chi connectivity index (χ1n) is 16.3. The molecule has 8 nitrogen and oxygen atoms in total. The van der Waals surface area contributed by atoms with E-state index < -0.39 is 5.97 Å². The maximum Gasteiger partial charge on any atom is 0.347 e. The van der Waals surface area contributed by atoms with Crippen molar-refractivity contribution in [1.29, 1.82) is 0 Å². The van der Waals surface area contributed by atoms with Crippen LogP contribution in [0.25, 0.3) is 0 Å². The van der Waals surface area contributed by atoms with Gasteiger partial charge in [0.15, 0.2) is 17.2 Å². The summed E-state index contributed by atoms with van der Waals surface area (Å²) in [5, 5.41) is 6.67. The van der Waals surface area contributed by atoms with Gasteiger partial charge in [-0.2, -0.15) is 4.68 Å². The van der Waals surface area contributed by atoms with Crippen LogP contribution in [0.2, 0.25) is 0 Å². The normalized spacial score (nSPS) is 13.5. The van der Waals surface area contributed by atoms with Gasteiger partial charge in [-0.15, -0.1) is 5.10 Å². The number of carbonyl (C=O) groups is 1. The van der Waals surface area contributed by atoms with Crippen LogP contribution in [0.15, 0.2) is 22.1 Å². The Labute approximate surface area is 257 Å². The molecule has 0 fully saturated rings. The fourth-order valence-corrected chi connectivity index (χ4v) is 6.35. The molecule has 3 heterocycles. The molecule has 2 aromatic heterocycles. The summed E-state index contributed by atoms with van der Waals surface area (Å²) in [6.45, 7) is 8.69. The highest BCUT2D eigenvalue weighted by atomic mass is 32.1. The lowest BCUT2D eigenvalue weighted by molar-refractivity contribution is 0.0598. The third-order valence-corrected chi connectivity index (χ3v) is 8.94. The number of fused-ring (bicyclic) bond motifs is 1. The van der Waals surface area contributed by atoms with Gasteiger partial charge in [0.05, 0.1) is 24.9 Å². The Morgan fingerprint density at radius 2 is 1.50 bits per heavy atom. The molecule has 2 aromatic rings. The van der Waals surface area contributed by atoms with E-state index in [0.29, 0.717) is 11.7 Å². The fourth-order valence-electron chi connectivity index (χ4n) is 5.38. The molecule has 0 radical (unpaired) electrons. The Morgan fingerprint density at radius 3 is 2.07 bits per heavy atom. The van der Waals surface area contributed by atoms with Crippen LogP contribution in [0.3, 0.4) is 0 Å². The van der Waals surface area contributed by atoms with Gasteiger partial charge in [-0.3, -0.25) is 0 Å². The number of nitrogens with zero attached hydrogens (tertiary/aromatic N) is 5. The van der Waals surface area contributed by atoms with Gasteiger partial charge in [0.1, 0.15) is 5.00 Å². The van der Waals surface area contributed by atoms with Crippen molar-refractivity contribution in [3.63, 3.8) is 0 Å². The average molecular weight is 600 g/mol. The van der Waals surface area contributed by atoms with E-state index in [1.807, 2.05) is 0 Å². The first-order valence-corrected chi connectivity index (χ1v) is 17.2. The van der Waals surface area contributed by atoms with Gasteiger partial charge in [0, 0.05) is 13.1 Å². The number of hydrogen-bond acceptors (Lipinski definition) is 8. The topological polar surface area (TPSA) is 81.3 Å². The van der Waals surface area contributed by atoms with Crippen molar-refractivity contribution in [3.05, 3.63) is 17.7 Å². The number of thiophene rings is 1. The molecular weight excluding hydrogens is 546 g/mol. The van der Waals surface area contributed by atoms with Crippen molar-refractivity contribution in [3.8, 4) is 5.88 Å². The molecule has 0 saturated heterocycles.